The lowest BCUT2D eigenvalue weighted by Gasteiger charge is -2.22. The number of anilines is 2. The molecule has 2 aliphatic heterocycles. The zero-order chi connectivity index (χ0) is 13.6. The predicted octanol–water partition coefficient (Wildman–Crippen LogP) is 2.80. The van der Waals surface area contributed by atoms with E-state index in [1.165, 1.54) is 11.8 Å². The SMILES string of the molecule is O=C1N(c2ccccc2)c2ccccc2C12NN=CS2. The Morgan fingerprint density at radius 2 is 1.80 bits per heavy atom. The predicted molar refractivity (Wildman–Crippen MR) is 80.9 cm³/mol. The number of nitrogens with zero attached hydrogens (tertiary/aromatic N) is 2. The van der Waals surface area contributed by atoms with Gasteiger partial charge in [-0.2, -0.15) is 5.10 Å². The maximum absolute atomic E-state index is 12.9. The maximum atomic E-state index is 12.9. The highest BCUT2D eigenvalue weighted by Gasteiger charge is 2.53. The zero-order valence-electron chi connectivity index (χ0n) is 10.5. The number of hydrogen-bond donors (Lipinski definition) is 1. The first kappa shape index (κ1) is 11.5. The normalized spacial score (nSPS) is 23.2. The first-order valence-electron chi connectivity index (χ1n) is 6.28. The number of nitrogens with one attached hydrogen (secondary N) is 1. The first-order chi connectivity index (χ1) is 9.83. The Morgan fingerprint density at radius 1 is 1.05 bits per heavy atom. The molecule has 0 aliphatic carbocycles. The fraction of sp³-hybridized carbons (Fsp3) is 0.0667. The molecule has 1 amide bonds. The molecule has 1 atom stereocenters. The van der Waals surface area contributed by atoms with Crippen molar-refractivity contribution in [3.8, 4) is 0 Å². The van der Waals surface area contributed by atoms with E-state index in [2.05, 4.69) is 10.5 Å². The van der Waals surface area contributed by atoms with Gasteiger partial charge in [0, 0.05) is 11.3 Å². The van der Waals surface area contributed by atoms with E-state index in [1.54, 1.807) is 10.4 Å². The lowest BCUT2D eigenvalue weighted by Crippen LogP contribution is -2.42. The van der Waals surface area contributed by atoms with E-state index in [4.69, 9.17) is 0 Å². The number of fused-ring (bicyclic) bond motifs is 2. The van der Waals surface area contributed by atoms with Gasteiger partial charge in [0.2, 0.25) is 4.87 Å². The topological polar surface area (TPSA) is 44.7 Å². The van der Waals surface area contributed by atoms with Crippen LogP contribution >= 0.6 is 11.8 Å². The summed E-state index contributed by atoms with van der Waals surface area (Å²) in [7, 11) is 0. The molecule has 4 nitrogen and oxygen atoms in total. The van der Waals surface area contributed by atoms with Gasteiger partial charge in [-0.25, -0.2) is 0 Å². The number of thioether (sulfide) groups is 1. The van der Waals surface area contributed by atoms with Crippen LogP contribution in [0.1, 0.15) is 5.56 Å². The molecule has 20 heavy (non-hydrogen) atoms. The standard InChI is InChI=1S/C15H11N3OS/c19-14-15(17-16-10-20-15)12-8-4-5-9-13(12)18(14)11-6-2-1-3-7-11/h1-10,17H. The van der Waals surface area contributed by atoms with Crippen molar-refractivity contribution >= 4 is 34.6 Å². The van der Waals surface area contributed by atoms with Gasteiger partial charge in [-0.1, -0.05) is 48.2 Å². The molecule has 0 bridgehead atoms. The molecule has 0 radical (unpaired) electrons. The summed E-state index contributed by atoms with van der Waals surface area (Å²) in [6.45, 7) is 0. The molecule has 1 N–H and O–H groups in total. The Balaban J connectivity index is 1.93. The minimum absolute atomic E-state index is 0.00704. The monoisotopic (exact) mass is 281 g/mol. The molecule has 0 aromatic heterocycles. The second-order valence-corrected chi connectivity index (χ2v) is 5.70. The van der Waals surface area contributed by atoms with Crippen molar-refractivity contribution < 1.29 is 4.79 Å². The molecule has 0 saturated carbocycles. The van der Waals surface area contributed by atoms with E-state index in [0.717, 1.165) is 16.9 Å². The molecule has 0 saturated heterocycles. The Labute approximate surface area is 120 Å². The minimum Gasteiger partial charge on any atom is -0.279 e. The highest BCUT2D eigenvalue weighted by molar-refractivity contribution is 8.13. The third-order valence-corrected chi connectivity index (χ3v) is 4.60. The summed E-state index contributed by atoms with van der Waals surface area (Å²) in [4.78, 5) is 13.9. The molecule has 5 heteroatoms. The molecule has 0 fully saturated rings. The Morgan fingerprint density at radius 3 is 2.55 bits per heavy atom. The van der Waals surface area contributed by atoms with Gasteiger partial charge in [-0.3, -0.25) is 15.1 Å². The van der Waals surface area contributed by atoms with Gasteiger partial charge in [-0.15, -0.1) is 0 Å². The molecule has 4 rings (SSSR count). The van der Waals surface area contributed by atoms with Crippen LogP contribution in [0.5, 0.6) is 0 Å². The van der Waals surface area contributed by atoms with E-state index >= 15 is 0 Å². The third kappa shape index (κ3) is 1.38. The van der Waals surface area contributed by atoms with Crippen molar-refractivity contribution in [2.45, 2.75) is 4.87 Å². The Bertz CT molecular complexity index is 706. The summed E-state index contributed by atoms with van der Waals surface area (Å²) in [5.74, 6) is -0.00704. The third-order valence-electron chi connectivity index (χ3n) is 3.55. The van der Waals surface area contributed by atoms with Crippen LogP contribution in [0, 0.1) is 0 Å². The summed E-state index contributed by atoms with van der Waals surface area (Å²) < 4.78 is 0. The molecular formula is C15H11N3OS. The number of benzene rings is 2. The van der Waals surface area contributed by atoms with Gasteiger partial charge in [0.15, 0.2) is 0 Å². The minimum atomic E-state index is -0.813. The van der Waals surface area contributed by atoms with E-state index < -0.39 is 4.87 Å². The van der Waals surface area contributed by atoms with Gasteiger partial charge < -0.3 is 0 Å². The fourth-order valence-corrected chi connectivity index (χ4v) is 3.51. The number of hydrazone groups is 1. The van der Waals surface area contributed by atoms with Crippen molar-refractivity contribution in [1.29, 1.82) is 0 Å². The fourth-order valence-electron chi connectivity index (χ4n) is 2.65. The highest BCUT2D eigenvalue weighted by atomic mass is 32.2. The van der Waals surface area contributed by atoms with Crippen LogP contribution in [-0.2, 0) is 9.67 Å². The number of carbonyl (C=O) groups is 1. The summed E-state index contributed by atoms with van der Waals surface area (Å²) in [5, 5.41) is 4.04. The van der Waals surface area contributed by atoms with Gasteiger partial charge in [0.05, 0.1) is 11.2 Å². The maximum Gasteiger partial charge on any atom is 0.274 e. The van der Waals surface area contributed by atoms with Crippen LogP contribution in [0.25, 0.3) is 0 Å². The van der Waals surface area contributed by atoms with Crippen LogP contribution in [0.2, 0.25) is 0 Å². The molecular weight excluding hydrogens is 270 g/mol. The van der Waals surface area contributed by atoms with Gasteiger partial charge in [-0.05, 0) is 18.2 Å². The average molecular weight is 281 g/mol. The van der Waals surface area contributed by atoms with E-state index in [9.17, 15) is 4.79 Å². The van der Waals surface area contributed by atoms with E-state index in [1.807, 2.05) is 54.6 Å². The second kappa shape index (κ2) is 4.11. The van der Waals surface area contributed by atoms with E-state index in [0.29, 0.717) is 0 Å². The van der Waals surface area contributed by atoms with Crippen LogP contribution in [0.3, 0.4) is 0 Å². The molecule has 2 aromatic rings. The molecule has 1 spiro atoms. The lowest BCUT2D eigenvalue weighted by molar-refractivity contribution is -0.120. The largest absolute Gasteiger partial charge is 0.279 e. The molecule has 2 aliphatic rings. The second-order valence-electron chi connectivity index (χ2n) is 4.64. The van der Waals surface area contributed by atoms with E-state index in [-0.39, 0.29) is 5.91 Å². The first-order valence-corrected chi connectivity index (χ1v) is 7.16. The molecule has 1 unspecified atom stereocenters. The number of amides is 1. The summed E-state index contributed by atoms with van der Waals surface area (Å²) >= 11 is 1.41. The quantitative estimate of drug-likeness (QED) is 0.874. The lowest BCUT2D eigenvalue weighted by atomic mass is 10.1. The molecule has 98 valence electrons. The average Bonchev–Trinajstić information content (AvgIpc) is 3.07. The number of carbonyl (C=O) groups excluding carboxylic acids is 1. The number of hydrogen-bond acceptors (Lipinski definition) is 4. The van der Waals surface area contributed by atoms with Crippen molar-refractivity contribution in [2.75, 3.05) is 4.90 Å². The van der Waals surface area contributed by atoms with Crippen molar-refractivity contribution in [3.63, 3.8) is 0 Å². The smallest absolute Gasteiger partial charge is 0.274 e. The van der Waals surface area contributed by atoms with Gasteiger partial charge >= 0.3 is 0 Å². The number of para-hydroxylation sites is 2. The van der Waals surface area contributed by atoms with Crippen LogP contribution in [0.4, 0.5) is 11.4 Å². The highest BCUT2D eigenvalue weighted by Crippen LogP contribution is 2.50. The molecule has 2 heterocycles. The van der Waals surface area contributed by atoms with Crippen LogP contribution in [-0.4, -0.2) is 11.5 Å². The van der Waals surface area contributed by atoms with Gasteiger partial charge in [0.25, 0.3) is 5.91 Å². The summed E-state index contributed by atoms with van der Waals surface area (Å²) in [6.07, 6.45) is 0. The summed E-state index contributed by atoms with van der Waals surface area (Å²) in [6, 6.07) is 17.5. The Hall–Kier alpha value is -2.27. The zero-order valence-corrected chi connectivity index (χ0v) is 11.3. The van der Waals surface area contributed by atoms with Crippen LogP contribution < -0.4 is 10.3 Å². The Kier molecular flexibility index (Phi) is 2.37. The molecule has 2 aromatic carbocycles. The van der Waals surface area contributed by atoms with Crippen LogP contribution in [0.15, 0.2) is 59.7 Å². The summed E-state index contributed by atoms with van der Waals surface area (Å²) in [5.41, 5.74) is 7.40. The van der Waals surface area contributed by atoms with Crippen molar-refractivity contribution in [1.82, 2.24) is 5.43 Å². The van der Waals surface area contributed by atoms with Gasteiger partial charge in [0.1, 0.15) is 0 Å². The van der Waals surface area contributed by atoms with Crippen molar-refractivity contribution in [3.05, 3.63) is 60.2 Å². The number of rotatable bonds is 1. The van der Waals surface area contributed by atoms with Crippen molar-refractivity contribution in [2.24, 2.45) is 5.10 Å².